The quantitative estimate of drug-likeness (QED) is 0.752. The van der Waals surface area contributed by atoms with E-state index in [-0.39, 0.29) is 17.9 Å². The van der Waals surface area contributed by atoms with E-state index in [1.165, 1.54) is 0 Å². The second kappa shape index (κ2) is 7.58. The maximum absolute atomic E-state index is 12.6. The number of nitrogens with zero attached hydrogens (tertiary/aromatic N) is 1. The predicted molar refractivity (Wildman–Crippen MR) is 110 cm³/mol. The molecule has 5 rings (SSSR count). The molecule has 1 saturated heterocycles. The van der Waals surface area contributed by atoms with Gasteiger partial charge < -0.3 is 15.4 Å². The van der Waals surface area contributed by atoms with E-state index < -0.39 is 6.04 Å². The number of carbonyl (C=O) groups excluding carboxylic acids is 2. The fourth-order valence-corrected chi connectivity index (χ4v) is 4.92. The molecule has 2 aliphatic heterocycles. The fourth-order valence-electron chi connectivity index (χ4n) is 4.92. The molecule has 2 heterocycles. The maximum Gasteiger partial charge on any atom is 0.338 e. The highest BCUT2D eigenvalue weighted by Crippen LogP contribution is 2.35. The summed E-state index contributed by atoms with van der Waals surface area (Å²) in [5, 5.41) is 15.8. The minimum absolute atomic E-state index is 0.0553. The van der Waals surface area contributed by atoms with E-state index in [1.54, 1.807) is 6.07 Å². The van der Waals surface area contributed by atoms with Crippen LogP contribution in [0.15, 0.2) is 42.5 Å². The van der Waals surface area contributed by atoms with Gasteiger partial charge in [-0.15, -0.1) is 0 Å². The van der Waals surface area contributed by atoms with Crippen LogP contribution in [0.1, 0.15) is 40.7 Å². The lowest BCUT2D eigenvalue weighted by molar-refractivity contribution is -0.124. The molecule has 2 bridgehead atoms. The molecule has 0 aromatic heterocycles. The van der Waals surface area contributed by atoms with Crippen molar-refractivity contribution >= 4 is 11.9 Å². The summed E-state index contributed by atoms with van der Waals surface area (Å²) >= 11 is 0. The first-order chi connectivity index (χ1) is 14.6. The van der Waals surface area contributed by atoms with Gasteiger partial charge in [-0.05, 0) is 54.0 Å². The van der Waals surface area contributed by atoms with Crippen molar-refractivity contribution < 1.29 is 14.3 Å². The summed E-state index contributed by atoms with van der Waals surface area (Å²) in [6.45, 7) is 0.321. The van der Waals surface area contributed by atoms with Crippen molar-refractivity contribution in [2.45, 2.75) is 50.4 Å². The largest absolute Gasteiger partial charge is 0.457 e. The number of rotatable bonds is 5. The first kappa shape index (κ1) is 18.8. The van der Waals surface area contributed by atoms with Crippen LogP contribution in [0.2, 0.25) is 0 Å². The molecule has 1 aliphatic carbocycles. The summed E-state index contributed by atoms with van der Waals surface area (Å²) in [7, 11) is 0. The third kappa shape index (κ3) is 3.46. The summed E-state index contributed by atoms with van der Waals surface area (Å²) in [5.74, 6) is 0.0824. The van der Waals surface area contributed by atoms with Crippen LogP contribution in [0.5, 0.6) is 0 Å². The Hall–Kier alpha value is -3.17. The maximum atomic E-state index is 12.6. The van der Waals surface area contributed by atoms with Crippen molar-refractivity contribution in [3.05, 3.63) is 59.2 Å². The Morgan fingerprint density at radius 1 is 1.20 bits per heavy atom. The van der Waals surface area contributed by atoms with Gasteiger partial charge >= 0.3 is 5.97 Å². The molecule has 1 saturated carbocycles. The zero-order valence-corrected chi connectivity index (χ0v) is 16.6. The van der Waals surface area contributed by atoms with Gasteiger partial charge in [0.2, 0.25) is 5.91 Å². The Bertz CT molecular complexity index is 1040. The van der Waals surface area contributed by atoms with Crippen molar-refractivity contribution in [2.24, 2.45) is 5.92 Å². The molecule has 6 nitrogen and oxygen atoms in total. The molecule has 1 amide bonds. The zero-order chi connectivity index (χ0) is 20.7. The summed E-state index contributed by atoms with van der Waals surface area (Å²) in [6.07, 6.45) is 3.78. The van der Waals surface area contributed by atoms with Crippen LogP contribution in [0, 0.1) is 17.2 Å². The molecule has 0 spiro atoms. The van der Waals surface area contributed by atoms with Crippen molar-refractivity contribution in [3.63, 3.8) is 0 Å². The van der Waals surface area contributed by atoms with E-state index >= 15 is 0 Å². The van der Waals surface area contributed by atoms with Gasteiger partial charge in [0.25, 0.3) is 0 Å². The Morgan fingerprint density at radius 3 is 2.70 bits per heavy atom. The molecule has 0 radical (unpaired) electrons. The van der Waals surface area contributed by atoms with Crippen molar-refractivity contribution in [2.75, 3.05) is 0 Å². The molecule has 3 aliphatic rings. The lowest BCUT2D eigenvalue weighted by Crippen LogP contribution is -2.50. The van der Waals surface area contributed by atoms with Crippen LogP contribution >= 0.6 is 0 Å². The second-order valence-electron chi connectivity index (χ2n) is 8.45. The van der Waals surface area contributed by atoms with Gasteiger partial charge in [0, 0.05) is 18.0 Å². The number of esters is 1. The van der Waals surface area contributed by atoms with E-state index in [0.717, 1.165) is 41.5 Å². The smallest absolute Gasteiger partial charge is 0.338 e. The minimum atomic E-state index is -0.549. The molecule has 2 fully saturated rings. The zero-order valence-electron chi connectivity index (χ0n) is 16.6. The molecule has 30 heavy (non-hydrogen) atoms. The Kier molecular flexibility index (Phi) is 4.76. The van der Waals surface area contributed by atoms with E-state index in [2.05, 4.69) is 16.7 Å². The van der Waals surface area contributed by atoms with Crippen LogP contribution in [0.3, 0.4) is 0 Å². The van der Waals surface area contributed by atoms with Crippen LogP contribution in [-0.2, 0) is 22.6 Å². The molecule has 152 valence electrons. The summed E-state index contributed by atoms with van der Waals surface area (Å²) in [6, 6.07) is 15.7. The molecular weight excluding hydrogens is 378 g/mol. The number of fused-ring (bicyclic) bond motifs is 3. The number of piperidine rings is 1. The normalized spacial score (nSPS) is 24.8. The predicted octanol–water partition coefficient (Wildman–Crippen LogP) is 2.72. The van der Waals surface area contributed by atoms with Gasteiger partial charge in [-0.2, -0.15) is 5.26 Å². The second-order valence-corrected chi connectivity index (χ2v) is 8.45. The fraction of sp³-hybridized carbons (Fsp3) is 0.375. The molecule has 2 N–H and O–H groups in total. The number of hydrogen-bond acceptors (Lipinski definition) is 5. The Balaban J connectivity index is 1.23. The van der Waals surface area contributed by atoms with Gasteiger partial charge in [-0.1, -0.05) is 30.3 Å². The summed E-state index contributed by atoms with van der Waals surface area (Å²) < 4.78 is 5.07. The summed E-state index contributed by atoms with van der Waals surface area (Å²) in [5.41, 5.74) is 4.58. The average Bonchev–Trinajstić information content (AvgIpc) is 3.50. The number of hydrogen-bond donors (Lipinski definition) is 2. The highest BCUT2D eigenvalue weighted by Gasteiger charge is 2.43. The van der Waals surface area contributed by atoms with Crippen molar-refractivity contribution in [1.29, 1.82) is 5.26 Å². The number of benzene rings is 2. The number of amides is 1. The third-order valence-electron chi connectivity index (χ3n) is 6.53. The number of nitriles is 1. The summed E-state index contributed by atoms with van der Waals surface area (Å²) in [4.78, 5) is 24.2. The minimum Gasteiger partial charge on any atom is -0.457 e. The van der Waals surface area contributed by atoms with E-state index in [4.69, 9.17) is 4.74 Å². The Labute approximate surface area is 175 Å². The van der Waals surface area contributed by atoms with Gasteiger partial charge in [-0.3, -0.25) is 4.79 Å². The van der Waals surface area contributed by atoms with E-state index in [9.17, 15) is 14.9 Å². The van der Waals surface area contributed by atoms with Crippen molar-refractivity contribution in [3.8, 4) is 17.2 Å². The highest BCUT2D eigenvalue weighted by molar-refractivity contribution is 5.94. The molecule has 2 aromatic carbocycles. The van der Waals surface area contributed by atoms with Crippen LogP contribution < -0.4 is 10.6 Å². The molecule has 0 unspecified atom stereocenters. The standard InChI is InChI=1S/C24H23N3O3/c25-12-20(27-23(28)22-17-5-7-19(11-17)26-22)9-14-1-3-15(4-2-14)16-6-8-21-18(10-16)13-30-24(21)29/h1-4,6,8,10,17,19-20,22,26H,5,7,9,11,13H2,(H,27,28)/t17-,19+,20-,22-/m0/s1. The van der Waals surface area contributed by atoms with E-state index in [1.807, 2.05) is 36.4 Å². The van der Waals surface area contributed by atoms with E-state index in [0.29, 0.717) is 30.6 Å². The molecular formula is C24H23N3O3. The van der Waals surface area contributed by atoms with Gasteiger partial charge in [0.1, 0.15) is 12.6 Å². The van der Waals surface area contributed by atoms with Gasteiger partial charge in [-0.25, -0.2) is 4.79 Å². The molecule has 6 heteroatoms. The third-order valence-corrected chi connectivity index (χ3v) is 6.53. The number of nitrogens with one attached hydrogen (secondary N) is 2. The average molecular weight is 401 g/mol. The first-order valence-corrected chi connectivity index (χ1v) is 10.5. The lowest BCUT2D eigenvalue weighted by Gasteiger charge is -2.23. The number of cyclic esters (lactones) is 1. The van der Waals surface area contributed by atoms with Crippen molar-refractivity contribution in [1.82, 2.24) is 10.6 Å². The van der Waals surface area contributed by atoms with Crippen LogP contribution in [-0.4, -0.2) is 30.0 Å². The van der Waals surface area contributed by atoms with Gasteiger partial charge in [0.15, 0.2) is 0 Å². The number of carbonyl (C=O) groups is 2. The topological polar surface area (TPSA) is 91.2 Å². The molecule has 2 aromatic rings. The monoisotopic (exact) mass is 401 g/mol. The Morgan fingerprint density at radius 2 is 2.00 bits per heavy atom. The first-order valence-electron chi connectivity index (χ1n) is 10.5. The lowest BCUT2D eigenvalue weighted by atomic mass is 9.97. The van der Waals surface area contributed by atoms with Crippen LogP contribution in [0.25, 0.3) is 11.1 Å². The molecule has 4 atom stereocenters. The highest BCUT2D eigenvalue weighted by atomic mass is 16.5. The van der Waals surface area contributed by atoms with Crippen LogP contribution in [0.4, 0.5) is 0 Å². The van der Waals surface area contributed by atoms with Gasteiger partial charge in [0.05, 0.1) is 17.7 Å². The SMILES string of the molecule is N#C[C@H](Cc1ccc(-c2ccc3c(c2)COC3=O)cc1)NC(=O)[C@H]1N[C@@H]2CC[C@H]1C2. The number of ether oxygens (including phenoxy) is 1.